The number of fused-ring (bicyclic) bond motifs is 5. The maximum Gasteiger partial charge on any atom is 0.254 e. The standard InChI is InChI=1S/C31H39N3O4/c1-6-16-38-25-13-12-21(17-26(25)37-7-2)23-18-34-27(35)19-33(15-14-20(3)4)30(36)31(34,5)29-28(23)22-10-8-9-11-24(22)32-29/h8-13,17,20,23,32H,6-7,14-16,18-19H2,1-5H3. The lowest BCUT2D eigenvalue weighted by Crippen LogP contribution is -2.67. The van der Waals surface area contributed by atoms with Crippen LogP contribution in [0.2, 0.25) is 0 Å². The van der Waals surface area contributed by atoms with Crippen LogP contribution < -0.4 is 9.47 Å². The summed E-state index contributed by atoms with van der Waals surface area (Å²) in [6, 6.07) is 14.2. The van der Waals surface area contributed by atoms with Gasteiger partial charge in [0.15, 0.2) is 17.0 Å². The Balaban J connectivity index is 1.64. The van der Waals surface area contributed by atoms with E-state index in [0.717, 1.165) is 46.3 Å². The van der Waals surface area contributed by atoms with Gasteiger partial charge in [-0.25, -0.2) is 0 Å². The van der Waals surface area contributed by atoms with E-state index in [-0.39, 0.29) is 24.3 Å². The van der Waals surface area contributed by atoms with Crippen molar-refractivity contribution in [3.63, 3.8) is 0 Å². The number of hydrogen-bond acceptors (Lipinski definition) is 4. The molecule has 1 N–H and O–H groups in total. The van der Waals surface area contributed by atoms with Gasteiger partial charge in [0.2, 0.25) is 5.91 Å². The van der Waals surface area contributed by atoms with Gasteiger partial charge in [-0.15, -0.1) is 0 Å². The van der Waals surface area contributed by atoms with E-state index >= 15 is 0 Å². The molecule has 7 heteroatoms. The Morgan fingerprint density at radius 3 is 2.61 bits per heavy atom. The molecule has 0 radical (unpaired) electrons. The number of nitrogens with zero attached hydrogens (tertiary/aromatic N) is 2. The van der Waals surface area contributed by atoms with Gasteiger partial charge >= 0.3 is 0 Å². The second-order valence-corrected chi connectivity index (χ2v) is 11.0. The Labute approximate surface area is 225 Å². The summed E-state index contributed by atoms with van der Waals surface area (Å²) in [6.45, 7) is 12.5. The van der Waals surface area contributed by atoms with Crippen molar-refractivity contribution < 1.29 is 19.1 Å². The summed E-state index contributed by atoms with van der Waals surface area (Å²) in [6.07, 6.45) is 1.77. The second kappa shape index (κ2) is 10.4. The minimum atomic E-state index is -1.08. The van der Waals surface area contributed by atoms with E-state index in [0.29, 0.717) is 38.0 Å². The quantitative estimate of drug-likeness (QED) is 0.411. The highest BCUT2D eigenvalue weighted by atomic mass is 16.5. The molecule has 2 aliphatic rings. The molecular weight excluding hydrogens is 478 g/mol. The molecule has 5 rings (SSSR count). The van der Waals surface area contributed by atoms with E-state index in [1.54, 1.807) is 9.80 Å². The van der Waals surface area contributed by atoms with Crippen LogP contribution in [0.5, 0.6) is 11.5 Å². The van der Waals surface area contributed by atoms with Gasteiger partial charge in [0.1, 0.15) is 0 Å². The first-order valence-corrected chi connectivity index (χ1v) is 13.9. The molecule has 2 amide bonds. The molecule has 0 aliphatic carbocycles. The maximum absolute atomic E-state index is 14.1. The molecule has 0 bridgehead atoms. The molecule has 0 saturated carbocycles. The molecule has 7 nitrogen and oxygen atoms in total. The highest BCUT2D eigenvalue weighted by Gasteiger charge is 2.56. The molecule has 3 aromatic rings. The molecule has 3 heterocycles. The van der Waals surface area contributed by atoms with Crippen molar-refractivity contribution in [2.75, 3.05) is 32.8 Å². The largest absolute Gasteiger partial charge is 0.490 e. The van der Waals surface area contributed by atoms with Gasteiger partial charge in [-0.3, -0.25) is 9.59 Å². The molecule has 0 spiro atoms. The summed E-state index contributed by atoms with van der Waals surface area (Å²) < 4.78 is 11.9. The number of hydrogen-bond donors (Lipinski definition) is 1. The monoisotopic (exact) mass is 517 g/mol. The first-order valence-electron chi connectivity index (χ1n) is 13.9. The van der Waals surface area contributed by atoms with E-state index in [9.17, 15) is 9.59 Å². The fourth-order valence-corrected chi connectivity index (χ4v) is 5.91. The number of ether oxygens (including phenoxy) is 2. The Kier molecular flexibility index (Phi) is 7.12. The van der Waals surface area contributed by atoms with Crippen molar-refractivity contribution in [2.24, 2.45) is 5.92 Å². The molecule has 1 aromatic heterocycles. The first kappa shape index (κ1) is 26.1. The van der Waals surface area contributed by atoms with Crippen molar-refractivity contribution in [1.82, 2.24) is 14.8 Å². The predicted molar refractivity (Wildman–Crippen MR) is 149 cm³/mol. The second-order valence-electron chi connectivity index (χ2n) is 11.0. The van der Waals surface area contributed by atoms with Crippen LogP contribution in [0.3, 0.4) is 0 Å². The van der Waals surface area contributed by atoms with Crippen LogP contribution in [0.4, 0.5) is 0 Å². The molecule has 38 heavy (non-hydrogen) atoms. The Morgan fingerprint density at radius 1 is 1.08 bits per heavy atom. The van der Waals surface area contributed by atoms with Crippen molar-refractivity contribution >= 4 is 22.7 Å². The zero-order valence-electron chi connectivity index (χ0n) is 23.2. The lowest BCUT2D eigenvalue weighted by Gasteiger charge is -2.51. The zero-order chi connectivity index (χ0) is 27.0. The molecule has 2 aromatic carbocycles. The van der Waals surface area contributed by atoms with Gasteiger partial charge in [0.25, 0.3) is 5.91 Å². The summed E-state index contributed by atoms with van der Waals surface area (Å²) in [7, 11) is 0. The third-order valence-electron chi connectivity index (χ3n) is 7.93. The van der Waals surface area contributed by atoms with E-state index in [2.05, 4.69) is 37.9 Å². The molecular formula is C31H39N3O4. The van der Waals surface area contributed by atoms with Crippen molar-refractivity contribution in [3.05, 3.63) is 59.3 Å². The average molecular weight is 518 g/mol. The normalized spacial score (nSPS) is 21.2. The van der Waals surface area contributed by atoms with Gasteiger partial charge in [0, 0.05) is 29.9 Å². The number of para-hydroxylation sites is 1. The topological polar surface area (TPSA) is 74.9 Å². The third-order valence-corrected chi connectivity index (χ3v) is 7.93. The van der Waals surface area contributed by atoms with E-state index in [4.69, 9.17) is 9.47 Å². The van der Waals surface area contributed by atoms with Crippen molar-refractivity contribution in [1.29, 1.82) is 0 Å². The van der Waals surface area contributed by atoms with Crippen LogP contribution >= 0.6 is 0 Å². The summed E-state index contributed by atoms with van der Waals surface area (Å²) in [4.78, 5) is 34.9. The molecule has 2 atom stereocenters. The number of H-pyrrole nitrogens is 1. The van der Waals surface area contributed by atoms with Gasteiger partial charge in [-0.05, 0) is 61.9 Å². The fraction of sp³-hybridized carbons (Fsp3) is 0.484. The fourth-order valence-electron chi connectivity index (χ4n) is 5.91. The lowest BCUT2D eigenvalue weighted by molar-refractivity contribution is -0.166. The van der Waals surface area contributed by atoms with Crippen molar-refractivity contribution in [3.8, 4) is 11.5 Å². The van der Waals surface area contributed by atoms with Gasteiger partial charge in [-0.2, -0.15) is 0 Å². The summed E-state index contributed by atoms with van der Waals surface area (Å²) in [5, 5.41) is 1.08. The third kappa shape index (κ3) is 4.32. The molecule has 202 valence electrons. The lowest BCUT2D eigenvalue weighted by atomic mass is 9.76. The van der Waals surface area contributed by atoms with Crippen LogP contribution in [0, 0.1) is 5.92 Å². The van der Waals surface area contributed by atoms with Crippen molar-refractivity contribution in [2.45, 2.75) is 58.9 Å². The average Bonchev–Trinajstić information content (AvgIpc) is 3.30. The predicted octanol–water partition coefficient (Wildman–Crippen LogP) is 5.43. The Morgan fingerprint density at radius 2 is 1.87 bits per heavy atom. The number of aromatic amines is 1. The number of rotatable bonds is 9. The number of piperazine rings is 1. The number of carbonyl (C=O) groups excluding carboxylic acids is 2. The van der Waals surface area contributed by atoms with E-state index < -0.39 is 5.54 Å². The Hall–Kier alpha value is -3.48. The number of benzene rings is 2. The van der Waals surface area contributed by atoms with Gasteiger partial charge in [0.05, 0.1) is 25.5 Å². The van der Waals surface area contributed by atoms with Gasteiger partial charge in [-0.1, -0.05) is 45.0 Å². The number of aromatic nitrogens is 1. The van der Waals surface area contributed by atoms with Crippen LogP contribution in [-0.2, 0) is 15.1 Å². The smallest absolute Gasteiger partial charge is 0.254 e. The van der Waals surface area contributed by atoms with Crippen LogP contribution in [0.15, 0.2) is 42.5 Å². The Bertz CT molecular complexity index is 1350. The number of nitrogens with one attached hydrogen (secondary N) is 1. The number of amides is 2. The summed E-state index contributed by atoms with van der Waals surface area (Å²) in [5.74, 6) is 1.73. The van der Waals surface area contributed by atoms with Gasteiger partial charge < -0.3 is 24.3 Å². The van der Waals surface area contributed by atoms with Crippen LogP contribution in [-0.4, -0.2) is 59.4 Å². The van der Waals surface area contributed by atoms with Crippen LogP contribution in [0.25, 0.3) is 10.9 Å². The van der Waals surface area contributed by atoms with E-state index in [1.165, 1.54) is 0 Å². The minimum absolute atomic E-state index is 0.0117. The summed E-state index contributed by atoms with van der Waals surface area (Å²) >= 11 is 0. The van der Waals surface area contributed by atoms with E-state index in [1.807, 2.05) is 44.2 Å². The molecule has 2 unspecified atom stereocenters. The zero-order valence-corrected chi connectivity index (χ0v) is 23.2. The molecule has 1 saturated heterocycles. The number of carbonyl (C=O) groups is 2. The molecule has 2 aliphatic heterocycles. The highest BCUT2D eigenvalue weighted by Crippen LogP contribution is 2.49. The minimum Gasteiger partial charge on any atom is -0.490 e. The highest BCUT2D eigenvalue weighted by molar-refractivity contribution is 6.01. The maximum atomic E-state index is 14.1. The molecule has 1 fully saturated rings. The van der Waals surface area contributed by atoms with Crippen LogP contribution in [0.1, 0.15) is 70.2 Å². The summed E-state index contributed by atoms with van der Waals surface area (Å²) in [5.41, 5.74) is 2.82. The SMILES string of the molecule is CCCOc1ccc(C2CN3C(=O)CN(CCC(C)C)C(=O)C3(C)c3[nH]c4ccccc4c32)cc1OCC. The first-order chi connectivity index (χ1) is 18.3.